The molecule has 4 rings (SSSR count). The van der Waals surface area contributed by atoms with Gasteiger partial charge in [0.2, 0.25) is 5.95 Å². The van der Waals surface area contributed by atoms with Gasteiger partial charge < -0.3 is 15.0 Å². The van der Waals surface area contributed by atoms with Gasteiger partial charge in [0.15, 0.2) is 0 Å². The number of pyridine rings is 1. The molecule has 188 valence electrons. The minimum atomic E-state index is -4.17. The Morgan fingerprint density at radius 1 is 1.08 bits per heavy atom. The first-order chi connectivity index (χ1) is 17.0. The van der Waals surface area contributed by atoms with Gasteiger partial charge in [-0.15, -0.1) is 0 Å². The molecule has 36 heavy (non-hydrogen) atoms. The summed E-state index contributed by atoms with van der Waals surface area (Å²) >= 11 is 0. The quantitative estimate of drug-likeness (QED) is 0.294. The molecule has 2 heterocycles. The Morgan fingerprint density at radius 3 is 2.53 bits per heavy atom. The number of rotatable bonds is 8. The number of hydrogen-bond acceptors (Lipinski definition) is 6. The highest BCUT2D eigenvalue weighted by atomic mass is 32.2. The Kier molecular flexibility index (Phi) is 6.73. The van der Waals surface area contributed by atoms with E-state index in [0.29, 0.717) is 28.5 Å². The zero-order valence-corrected chi connectivity index (χ0v) is 21.5. The van der Waals surface area contributed by atoms with Gasteiger partial charge in [-0.2, -0.15) is 0 Å². The van der Waals surface area contributed by atoms with Crippen molar-refractivity contribution in [1.29, 1.82) is 0 Å². The van der Waals surface area contributed by atoms with Crippen LogP contribution in [0.5, 0.6) is 5.75 Å². The van der Waals surface area contributed by atoms with E-state index in [4.69, 9.17) is 4.74 Å². The van der Waals surface area contributed by atoms with Crippen molar-refractivity contribution < 1.29 is 17.5 Å². The van der Waals surface area contributed by atoms with Crippen LogP contribution in [-0.4, -0.2) is 30.5 Å². The summed E-state index contributed by atoms with van der Waals surface area (Å²) in [6.07, 6.45) is 3.50. The molecule has 0 unspecified atom stereocenters. The van der Waals surface area contributed by atoms with Crippen molar-refractivity contribution in [1.82, 2.24) is 15.0 Å². The van der Waals surface area contributed by atoms with E-state index in [9.17, 15) is 12.8 Å². The lowest BCUT2D eigenvalue weighted by molar-refractivity contribution is 0.403. The van der Waals surface area contributed by atoms with Crippen LogP contribution in [0.1, 0.15) is 30.7 Å². The summed E-state index contributed by atoms with van der Waals surface area (Å²) in [7, 11) is -2.79. The first-order valence-electron chi connectivity index (χ1n) is 11.2. The highest BCUT2D eigenvalue weighted by Crippen LogP contribution is 2.34. The number of ether oxygens (including phenoxy) is 1. The molecule has 10 heteroatoms. The van der Waals surface area contributed by atoms with E-state index in [1.165, 1.54) is 25.3 Å². The Hall–Kier alpha value is -3.92. The summed E-state index contributed by atoms with van der Waals surface area (Å²) in [6, 6.07) is 13.0. The topological polar surface area (TPSA) is 109 Å². The van der Waals surface area contributed by atoms with Crippen molar-refractivity contribution in [3.63, 3.8) is 0 Å². The number of sulfonamides is 1. The number of hydrogen-bond donors (Lipinski definition) is 3. The van der Waals surface area contributed by atoms with Crippen molar-refractivity contribution in [2.75, 3.05) is 17.1 Å². The molecule has 2 aromatic heterocycles. The summed E-state index contributed by atoms with van der Waals surface area (Å²) in [4.78, 5) is 11.9. The standard InChI is InChI=1S/C26H28FN5O3S/c1-16-8-6-10-20(27)23(16)32-36(33,34)22-14-18(11-12-21(22)35-5)24-17(2)29-25(30-24)31-26(3,4)19-9-7-13-28-15-19/h6-15,32H,1-5H3,(H2,29,30,31). The van der Waals surface area contributed by atoms with E-state index in [1.54, 1.807) is 37.5 Å². The number of H-pyrrole nitrogens is 1. The second-order valence-corrected chi connectivity index (χ2v) is 10.6. The number of aromatic nitrogens is 3. The van der Waals surface area contributed by atoms with Crippen LogP contribution in [0.2, 0.25) is 0 Å². The van der Waals surface area contributed by atoms with Gasteiger partial charge in [0, 0.05) is 18.0 Å². The molecule has 8 nitrogen and oxygen atoms in total. The van der Waals surface area contributed by atoms with E-state index in [1.807, 2.05) is 32.9 Å². The molecule has 4 aromatic rings. The zero-order chi connectivity index (χ0) is 26.1. The SMILES string of the molecule is COc1ccc(-c2[nH]c(NC(C)(C)c3cccnc3)nc2C)cc1S(=O)(=O)Nc1c(C)cccc1F. The van der Waals surface area contributed by atoms with Gasteiger partial charge in [-0.05, 0) is 69.2 Å². The van der Waals surface area contributed by atoms with Crippen LogP contribution in [0, 0.1) is 19.7 Å². The molecule has 0 saturated heterocycles. The third kappa shape index (κ3) is 5.03. The molecule has 0 radical (unpaired) electrons. The molecule has 0 aliphatic rings. The highest BCUT2D eigenvalue weighted by molar-refractivity contribution is 7.92. The number of aromatic amines is 1. The lowest BCUT2D eigenvalue weighted by Gasteiger charge is -2.26. The van der Waals surface area contributed by atoms with Gasteiger partial charge in [0.25, 0.3) is 10.0 Å². The van der Waals surface area contributed by atoms with Crippen molar-refractivity contribution >= 4 is 21.7 Å². The molecular formula is C26H28FN5O3S. The minimum Gasteiger partial charge on any atom is -0.495 e. The van der Waals surface area contributed by atoms with E-state index in [-0.39, 0.29) is 16.3 Å². The second-order valence-electron chi connectivity index (χ2n) is 8.94. The smallest absolute Gasteiger partial charge is 0.265 e. The predicted octanol–water partition coefficient (Wildman–Crippen LogP) is 5.38. The molecule has 0 aliphatic carbocycles. The average molecular weight is 510 g/mol. The first-order valence-corrected chi connectivity index (χ1v) is 12.7. The van der Waals surface area contributed by atoms with Gasteiger partial charge in [-0.1, -0.05) is 18.2 Å². The van der Waals surface area contributed by atoms with Crippen molar-refractivity contribution in [2.24, 2.45) is 0 Å². The van der Waals surface area contributed by atoms with Crippen LogP contribution < -0.4 is 14.8 Å². The molecular weight excluding hydrogens is 481 g/mol. The van der Waals surface area contributed by atoms with E-state index in [2.05, 4.69) is 25.0 Å². The second kappa shape index (κ2) is 9.62. The van der Waals surface area contributed by atoms with Gasteiger partial charge in [0.1, 0.15) is 16.5 Å². The van der Waals surface area contributed by atoms with Crippen LogP contribution in [0.4, 0.5) is 16.0 Å². The third-order valence-electron chi connectivity index (χ3n) is 5.90. The first kappa shape index (κ1) is 25.2. The molecule has 0 bridgehead atoms. The number of aryl methyl sites for hydroxylation is 2. The van der Waals surface area contributed by atoms with Crippen molar-refractivity contribution in [2.45, 2.75) is 38.1 Å². The van der Waals surface area contributed by atoms with Crippen LogP contribution in [0.25, 0.3) is 11.3 Å². The highest BCUT2D eigenvalue weighted by Gasteiger charge is 2.25. The lowest BCUT2D eigenvalue weighted by atomic mass is 9.96. The molecule has 2 aromatic carbocycles. The predicted molar refractivity (Wildman–Crippen MR) is 138 cm³/mol. The number of para-hydroxylation sites is 1. The Labute approximate surface area is 210 Å². The molecule has 0 spiro atoms. The largest absolute Gasteiger partial charge is 0.495 e. The van der Waals surface area contributed by atoms with E-state index >= 15 is 0 Å². The number of methoxy groups -OCH3 is 1. The van der Waals surface area contributed by atoms with Gasteiger partial charge in [0.05, 0.1) is 29.7 Å². The fourth-order valence-corrected chi connectivity index (χ4v) is 5.23. The lowest BCUT2D eigenvalue weighted by Crippen LogP contribution is -2.28. The Bertz CT molecular complexity index is 1480. The fourth-order valence-electron chi connectivity index (χ4n) is 3.89. The monoisotopic (exact) mass is 509 g/mol. The summed E-state index contributed by atoms with van der Waals surface area (Å²) in [5.74, 6) is -0.00443. The van der Waals surface area contributed by atoms with Crippen LogP contribution >= 0.6 is 0 Å². The summed E-state index contributed by atoms with van der Waals surface area (Å²) in [5.41, 5.74) is 2.77. The van der Waals surface area contributed by atoms with Crippen LogP contribution in [-0.2, 0) is 15.6 Å². The maximum absolute atomic E-state index is 14.4. The summed E-state index contributed by atoms with van der Waals surface area (Å²) in [5, 5.41) is 3.37. The molecule has 0 fully saturated rings. The maximum Gasteiger partial charge on any atom is 0.265 e. The van der Waals surface area contributed by atoms with Crippen molar-refractivity contribution in [3.05, 3.63) is 83.6 Å². The summed E-state index contributed by atoms with van der Waals surface area (Å²) < 4.78 is 48.6. The number of anilines is 2. The average Bonchev–Trinajstić information content (AvgIpc) is 3.20. The molecule has 0 atom stereocenters. The van der Waals surface area contributed by atoms with E-state index < -0.39 is 21.4 Å². The normalized spacial score (nSPS) is 11.8. The molecule has 3 N–H and O–H groups in total. The van der Waals surface area contributed by atoms with Crippen molar-refractivity contribution in [3.8, 4) is 17.0 Å². The molecule has 0 saturated carbocycles. The zero-order valence-electron chi connectivity index (χ0n) is 20.7. The van der Waals surface area contributed by atoms with E-state index in [0.717, 1.165) is 5.56 Å². The van der Waals surface area contributed by atoms with Crippen LogP contribution in [0.15, 0.2) is 65.8 Å². The molecule has 0 aliphatic heterocycles. The van der Waals surface area contributed by atoms with Gasteiger partial charge in [-0.25, -0.2) is 17.8 Å². The Balaban J connectivity index is 1.70. The number of halogens is 1. The number of nitrogens with zero attached hydrogens (tertiary/aromatic N) is 2. The number of nitrogens with one attached hydrogen (secondary N) is 3. The summed E-state index contributed by atoms with van der Waals surface area (Å²) in [6.45, 7) is 7.48. The van der Waals surface area contributed by atoms with Gasteiger partial charge >= 0.3 is 0 Å². The maximum atomic E-state index is 14.4. The molecule has 0 amide bonds. The number of benzene rings is 2. The third-order valence-corrected chi connectivity index (χ3v) is 7.27. The van der Waals surface area contributed by atoms with Crippen LogP contribution in [0.3, 0.4) is 0 Å². The van der Waals surface area contributed by atoms with Gasteiger partial charge in [-0.3, -0.25) is 9.71 Å². The fraction of sp³-hybridized carbons (Fsp3) is 0.231. The minimum absolute atomic E-state index is 0.105. The Morgan fingerprint density at radius 2 is 1.86 bits per heavy atom. The number of imidazole rings is 1.